The molecule has 0 amide bonds. The number of imidazole rings is 1. The van der Waals surface area contributed by atoms with Gasteiger partial charge in [0.25, 0.3) is 5.79 Å². The molecule has 1 saturated heterocycles. The lowest BCUT2D eigenvalue weighted by Gasteiger charge is -2.29. The summed E-state index contributed by atoms with van der Waals surface area (Å²) in [6.45, 7) is 4.97. The number of hydrogen-bond acceptors (Lipinski definition) is 7. The van der Waals surface area contributed by atoms with Gasteiger partial charge in [0.05, 0.1) is 35.8 Å². The summed E-state index contributed by atoms with van der Waals surface area (Å²) >= 11 is 5.97. The van der Waals surface area contributed by atoms with Crippen molar-refractivity contribution in [2.75, 3.05) is 19.7 Å². The maximum atomic E-state index is 14.9. The molecule has 0 radical (unpaired) electrons. The van der Waals surface area contributed by atoms with Crippen LogP contribution in [0.2, 0.25) is 5.02 Å². The monoisotopic (exact) mass is 680 g/mol. The van der Waals surface area contributed by atoms with Gasteiger partial charge in [-0.3, -0.25) is 10.00 Å². The number of nitrogens with zero attached hydrogens (tertiary/aromatic N) is 5. The molecular weight excluding hydrogens is 652 g/mol. The molecular formula is C34H29ClF4N6O3. The molecule has 5 aromatic rings. The van der Waals surface area contributed by atoms with Crippen LogP contribution in [0, 0.1) is 5.82 Å². The fourth-order valence-corrected chi connectivity index (χ4v) is 6.60. The standard InChI is InChI=1S/C34H29ClF4N6O3/c1-33(24-7-6-21(35)16-25(24)36)47-28-4-2-3-23(30(28)48-33)19-9-12-44(13-10-19)18-29-40-26-15-20(31-41-32(43-42-31)34(37,38)39)5-8-27(26)45(29)17-22-11-14-46-22/h2-9,15-16,22H,10-14,17-18H2,1H3,(H,41,42,43). The number of alkyl halides is 3. The summed E-state index contributed by atoms with van der Waals surface area (Å²) in [5.41, 5.74) is 4.19. The van der Waals surface area contributed by atoms with Crippen molar-refractivity contribution in [3.63, 3.8) is 0 Å². The van der Waals surface area contributed by atoms with E-state index in [1.165, 1.54) is 6.07 Å². The fraction of sp³-hybridized carbons (Fsp3) is 0.324. The van der Waals surface area contributed by atoms with Crippen LogP contribution in [0.15, 0.2) is 60.7 Å². The van der Waals surface area contributed by atoms with Gasteiger partial charge in [-0.05, 0) is 60.9 Å². The predicted octanol–water partition coefficient (Wildman–Crippen LogP) is 7.36. The molecule has 9 nitrogen and oxygen atoms in total. The summed E-state index contributed by atoms with van der Waals surface area (Å²) in [7, 11) is 0. The first kappa shape index (κ1) is 30.8. The Hall–Kier alpha value is -4.46. The van der Waals surface area contributed by atoms with E-state index in [0.717, 1.165) is 41.9 Å². The van der Waals surface area contributed by atoms with Gasteiger partial charge in [-0.15, -0.1) is 0 Å². The highest BCUT2D eigenvalue weighted by atomic mass is 35.5. The number of aromatic amines is 1. The average molecular weight is 681 g/mol. The molecule has 5 heterocycles. The van der Waals surface area contributed by atoms with E-state index >= 15 is 0 Å². The number of para-hydroxylation sites is 1. The predicted molar refractivity (Wildman–Crippen MR) is 169 cm³/mol. The van der Waals surface area contributed by atoms with Crippen LogP contribution in [-0.4, -0.2) is 55.4 Å². The topological polar surface area (TPSA) is 90.3 Å². The van der Waals surface area contributed by atoms with Gasteiger partial charge < -0.3 is 18.8 Å². The van der Waals surface area contributed by atoms with Crippen LogP contribution in [0.4, 0.5) is 17.6 Å². The molecule has 1 fully saturated rings. The summed E-state index contributed by atoms with van der Waals surface area (Å²) in [4.78, 5) is 10.8. The molecule has 0 spiro atoms. The van der Waals surface area contributed by atoms with Crippen molar-refractivity contribution >= 4 is 28.2 Å². The number of benzene rings is 3. The molecule has 2 aromatic heterocycles. The SMILES string of the molecule is CC1(c2ccc(Cl)cc2F)Oc2cccc(C3=CCN(Cc4nc5cc(-c6n[nH]c(C(F)(F)F)n6)ccc5n4CC4CCO4)CC3)c2O1. The number of halogens is 5. The second-order valence-electron chi connectivity index (χ2n) is 12.3. The minimum absolute atomic E-state index is 0.0447. The molecule has 2 atom stereocenters. The van der Waals surface area contributed by atoms with Crippen LogP contribution >= 0.6 is 11.6 Å². The average Bonchev–Trinajstić information content (AvgIpc) is 3.74. The molecule has 0 bridgehead atoms. The summed E-state index contributed by atoms with van der Waals surface area (Å²) in [6, 6.07) is 15.4. The first-order valence-electron chi connectivity index (χ1n) is 15.5. The maximum absolute atomic E-state index is 14.9. The van der Waals surface area contributed by atoms with Crippen LogP contribution in [0.25, 0.3) is 28.0 Å². The lowest BCUT2D eigenvalue weighted by molar-refractivity contribution is -0.144. The number of hydrogen-bond donors (Lipinski definition) is 1. The zero-order valence-corrected chi connectivity index (χ0v) is 26.4. The van der Waals surface area contributed by atoms with Crippen LogP contribution in [0.5, 0.6) is 11.5 Å². The normalized spacial score (nSPS) is 21.0. The van der Waals surface area contributed by atoms with Gasteiger partial charge in [0.15, 0.2) is 17.3 Å². The molecule has 14 heteroatoms. The van der Waals surface area contributed by atoms with E-state index in [1.807, 2.05) is 29.4 Å². The highest BCUT2D eigenvalue weighted by Crippen LogP contribution is 2.49. The zero-order chi connectivity index (χ0) is 33.2. The minimum atomic E-state index is -4.62. The Labute approximate surface area is 277 Å². The van der Waals surface area contributed by atoms with Crippen LogP contribution < -0.4 is 9.47 Å². The largest absolute Gasteiger partial charge is 0.451 e. The third-order valence-corrected chi connectivity index (χ3v) is 9.26. The highest BCUT2D eigenvalue weighted by molar-refractivity contribution is 6.30. The lowest BCUT2D eigenvalue weighted by Crippen LogP contribution is -2.33. The summed E-state index contributed by atoms with van der Waals surface area (Å²) < 4.78 is 74.5. The van der Waals surface area contributed by atoms with Crippen molar-refractivity contribution in [2.24, 2.45) is 0 Å². The van der Waals surface area contributed by atoms with Crippen molar-refractivity contribution in [3.8, 4) is 22.9 Å². The molecule has 2 unspecified atom stereocenters. The van der Waals surface area contributed by atoms with E-state index in [-0.39, 0.29) is 17.5 Å². The second-order valence-corrected chi connectivity index (χ2v) is 12.7. The van der Waals surface area contributed by atoms with Crippen LogP contribution in [0.1, 0.15) is 42.5 Å². The Bertz CT molecular complexity index is 2070. The number of H-pyrrole nitrogens is 1. The van der Waals surface area contributed by atoms with Crippen molar-refractivity contribution in [1.29, 1.82) is 0 Å². The second kappa shape index (κ2) is 11.6. The lowest BCUT2D eigenvalue weighted by atomic mass is 9.98. The molecule has 0 aliphatic carbocycles. The van der Waals surface area contributed by atoms with Gasteiger partial charge in [0.1, 0.15) is 11.6 Å². The third-order valence-electron chi connectivity index (χ3n) is 9.02. The molecule has 1 N–H and O–H groups in total. The minimum Gasteiger partial charge on any atom is -0.444 e. The number of fused-ring (bicyclic) bond motifs is 2. The Balaban J connectivity index is 1.03. The van der Waals surface area contributed by atoms with E-state index in [9.17, 15) is 17.6 Å². The highest BCUT2D eigenvalue weighted by Gasteiger charge is 2.42. The van der Waals surface area contributed by atoms with Crippen LogP contribution in [-0.2, 0) is 29.8 Å². The molecule has 3 aliphatic heterocycles. The fourth-order valence-electron chi connectivity index (χ4n) is 6.44. The van der Waals surface area contributed by atoms with E-state index in [1.54, 1.807) is 31.2 Å². The van der Waals surface area contributed by atoms with Crippen molar-refractivity contribution in [1.82, 2.24) is 29.6 Å². The molecule has 48 heavy (non-hydrogen) atoms. The summed E-state index contributed by atoms with van der Waals surface area (Å²) in [5.74, 6) is -1.10. The zero-order valence-electron chi connectivity index (χ0n) is 25.7. The number of aromatic nitrogens is 5. The molecule has 248 valence electrons. The van der Waals surface area contributed by atoms with Crippen molar-refractivity contribution in [3.05, 3.63) is 94.3 Å². The molecule has 3 aromatic carbocycles. The van der Waals surface area contributed by atoms with Gasteiger partial charge in [0.2, 0.25) is 5.82 Å². The first-order chi connectivity index (χ1) is 23.0. The van der Waals surface area contributed by atoms with E-state index in [2.05, 4.69) is 25.6 Å². The Morgan fingerprint density at radius 3 is 2.65 bits per heavy atom. The smallest absolute Gasteiger partial charge is 0.444 e. The van der Waals surface area contributed by atoms with Gasteiger partial charge in [-0.2, -0.15) is 18.3 Å². The van der Waals surface area contributed by atoms with E-state index in [4.69, 9.17) is 30.8 Å². The number of rotatable bonds is 7. The van der Waals surface area contributed by atoms with E-state index < -0.39 is 23.6 Å². The number of ether oxygens (including phenoxy) is 3. The van der Waals surface area contributed by atoms with Gasteiger partial charge >= 0.3 is 6.18 Å². The van der Waals surface area contributed by atoms with Crippen LogP contribution in [0.3, 0.4) is 0 Å². The summed E-state index contributed by atoms with van der Waals surface area (Å²) in [5, 5.41) is 6.04. The summed E-state index contributed by atoms with van der Waals surface area (Å²) in [6.07, 6.45) is -0.711. The van der Waals surface area contributed by atoms with Crippen molar-refractivity contribution in [2.45, 2.75) is 50.9 Å². The Morgan fingerprint density at radius 2 is 1.94 bits per heavy atom. The van der Waals surface area contributed by atoms with Gasteiger partial charge in [-0.1, -0.05) is 29.8 Å². The number of nitrogens with one attached hydrogen (secondary N) is 1. The maximum Gasteiger partial charge on any atom is 0.451 e. The third kappa shape index (κ3) is 5.59. The molecule has 8 rings (SSSR count). The quantitative estimate of drug-likeness (QED) is 0.180. The Kier molecular flexibility index (Phi) is 7.46. The molecule has 3 aliphatic rings. The van der Waals surface area contributed by atoms with Gasteiger partial charge in [0, 0.05) is 42.8 Å². The molecule has 0 saturated carbocycles. The van der Waals surface area contributed by atoms with Gasteiger partial charge in [-0.25, -0.2) is 14.4 Å². The Morgan fingerprint density at radius 1 is 1.08 bits per heavy atom. The van der Waals surface area contributed by atoms with E-state index in [0.29, 0.717) is 53.8 Å². The van der Waals surface area contributed by atoms with Crippen molar-refractivity contribution < 1.29 is 31.8 Å². The first-order valence-corrected chi connectivity index (χ1v) is 15.9.